The van der Waals surface area contributed by atoms with Crippen molar-refractivity contribution in [1.29, 1.82) is 0 Å². The fourth-order valence-corrected chi connectivity index (χ4v) is 2.48. The zero-order valence-corrected chi connectivity index (χ0v) is 12.8. The molecule has 5 nitrogen and oxygen atoms in total. The maximum absolute atomic E-state index is 11.7. The van der Waals surface area contributed by atoms with Crippen LogP contribution in [-0.2, 0) is 17.8 Å². The average Bonchev–Trinajstić information content (AvgIpc) is 2.53. The molecule has 2 N–H and O–H groups in total. The highest BCUT2D eigenvalue weighted by molar-refractivity contribution is 5.97. The molecule has 0 aromatic heterocycles. The van der Waals surface area contributed by atoms with E-state index in [4.69, 9.17) is 4.74 Å². The fourth-order valence-electron chi connectivity index (χ4n) is 2.48. The quantitative estimate of drug-likeness (QED) is 0.820. The summed E-state index contributed by atoms with van der Waals surface area (Å²) < 4.78 is 5.28. The molecule has 0 unspecified atom stereocenters. The van der Waals surface area contributed by atoms with Crippen molar-refractivity contribution in [1.82, 2.24) is 0 Å². The number of hydrogen-bond donors (Lipinski definition) is 2. The highest BCUT2D eigenvalue weighted by Crippen LogP contribution is 2.23. The van der Waals surface area contributed by atoms with Crippen LogP contribution in [0, 0.1) is 0 Å². The summed E-state index contributed by atoms with van der Waals surface area (Å²) >= 11 is 0. The summed E-state index contributed by atoms with van der Waals surface area (Å²) in [5.41, 5.74) is 1.72. The first kappa shape index (κ1) is 16.7. The third-order valence-electron chi connectivity index (χ3n) is 3.53. The van der Waals surface area contributed by atoms with E-state index >= 15 is 0 Å². The van der Waals surface area contributed by atoms with Crippen LogP contribution in [0.1, 0.15) is 44.3 Å². The molecule has 0 bridgehead atoms. The predicted octanol–water partition coefficient (Wildman–Crippen LogP) is 3.21. The minimum absolute atomic E-state index is 0.0159. The first-order chi connectivity index (χ1) is 11.0. The van der Waals surface area contributed by atoms with Gasteiger partial charge in [0, 0.05) is 12.2 Å². The Morgan fingerprint density at radius 3 is 2.26 bits per heavy atom. The van der Waals surface area contributed by atoms with Gasteiger partial charge in [0.05, 0.1) is 17.7 Å². The molecule has 0 fully saturated rings. The number of carboxylic acid groups (broad SMARTS) is 2. The molecule has 120 valence electrons. The second-order valence-corrected chi connectivity index (χ2v) is 5.04. The maximum Gasteiger partial charge on any atom is 0.336 e. The van der Waals surface area contributed by atoms with E-state index in [0.29, 0.717) is 18.6 Å². The minimum Gasteiger partial charge on any atom is -0.478 e. The van der Waals surface area contributed by atoms with Gasteiger partial charge in [0.25, 0.3) is 0 Å². The van der Waals surface area contributed by atoms with Crippen LogP contribution in [0.4, 0.5) is 0 Å². The van der Waals surface area contributed by atoms with Gasteiger partial charge in [-0.15, -0.1) is 0 Å². The molecule has 0 spiro atoms. The molecule has 0 amide bonds. The smallest absolute Gasteiger partial charge is 0.336 e. The van der Waals surface area contributed by atoms with Crippen molar-refractivity contribution in [2.45, 2.75) is 20.0 Å². The number of benzene rings is 2. The van der Waals surface area contributed by atoms with E-state index in [1.54, 1.807) is 13.0 Å². The van der Waals surface area contributed by atoms with Crippen molar-refractivity contribution >= 4 is 11.9 Å². The van der Waals surface area contributed by atoms with Crippen LogP contribution in [0.5, 0.6) is 0 Å². The Hall–Kier alpha value is -2.66. The Morgan fingerprint density at radius 2 is 1.70 bits per heavy atom. The summed E-state index contributed by atoms with van der Waals surface area (Å²) in [7, 11) is 0. The number of hydrogen-bond acceptors (Lipinski definition) is 3. The van der Waals surface area contributed by atoms with Crippen LogP contribution >= 0.6 is 0 Å². The van der Waals surface area contributed by atoms with Crippen molar-refractivity contribution in [2.24, 2.45) is 0 Å². The predicted molar refractivity (Wildman–Crippen MR) is 84.9 cm³/mol. The Bertz CT molecular complexity index is 707. The van der Waals surface area contributed by atoms with Gasteiger partial charge in [-0.3, -0.25) is 0 Å². The lowest BCUT2D eigenvalue weighted by Crippen LogP contribution is -2.14. The first-order valence-corrected chi connectivity index (χ1v) is 7.27. The Kier molecular flexibility index (Phi) is 5.49. The first-order valence-electron chi connectivity index (χ1n) is 7.27. The maximum atomic E-state index is 11.7. The van der Waals surface area contributed by atoms with E-state index in [1.807, 2.05) is 30.3 Å². The Balaban J connectivity index is 2.54. The highest BCUT2D eigenvalue weighted by atomic mass is 16.5. The number of carboxylic acids is 2. The summed E-state index contributed by atoms with van der Waals surface area (Å²) in [5, 5.41) is 18.9. The number of carbonyl (C=O) groups is 2. The Morgan fingerprint density at radius 1 is 1.00 bits per heavy atom. The van der Waals surface area contributed by atoms with Crippen LogP contribution < -0.4 is 0 Å². The number of rotatable bonds is 7. The van der Waals surface area contributed by atoms with Crippen LogP contribution in [0.3, 0.4) is 0 Å². The SMILES string of the molecule is CCOCc1c(C(=O)O)ccc(Cc2ccccc2)c1C(=O)O. The molecule has 0 radical (unpaired) electrons. The highest BCUT2D eigenvalue weighted by Gasteiger charge is 2.22. The Labute approximate surface area is 134 Å². The largest absolute Gasteiger partial charge is 0.478 e. The lowest BCUT2D eigenvalue weighted by molar-refractivity contribution is 0.0681. The molecule has 0 saturated carbocycles. The third-order valence-corrected chi connectivity index (χ3v) is 3.53. The van der Waals surface area contributed by atoms with Gasteiger partial charge in [-0.25, -0.2) is 9.59 Å². The second-order valence-electron chi connectivity index (χ2n) is 5.04. The van der Waals surface area contributed by atoms with Crippen molar-refractivity contribution in [2.75, 3.05) is 6.61 Å². The number of ether oxygens (including phenoxy) is 1. The topological polar surface area (TPSA) is 83.8 Å². The van der Waals surface area contributed by atoms with E-state index in [0.717, 1.165) is 5.56 Å². The van der Waals surface area contributed by atoms with Gasteiger partial charge < -0.3 is 14.9 Å². The molecule has 2 rings (SSSR count). The summed E-state index contributed by atoms with van der Waals surface area (Å²) in [6.45, 7) is 2.11. The summed E-state index contributed by atoms with van der Waals surface area (Å²) in [6, 6.07) is 12.5. The number of aromatic carboxylic acids is 2. The van der Waals surface area contributed by atoms with Gasteiger partial charge in [0.1, 0.15) is 0 Å². The average molecular weight is 314 g/mol. The monoisotopic (exact) mass is 314 g/mol. The van der Waals surface area contributed by atoms with E-state index < -0.39 is 11.9 Å². The van der Waals surface area contributed by atoms with E-state index in [9.17, 15) is 19.8 Å². The van der Waals surface area contributed by atoms with E-state index in [-0.39, 0.29) is 23.3 Å². The van der Waals surface area contributed by atoms with Crippen molar-refractivity contribution in [3.05, 3.63) is 70.3 Å². The summed E-state index contributed by atoms with van der Waals surface area (Å²) in [5.74, 6) is -2.30. The van der Waals surface area contributed by atoms with E-state index in [1.165, 1.54) is 6.07 Å². The molecular formula is C18H18O5. The van der Waals surface area contributed by atoms with Crippen LogP contribution in [0.15, 0.2) is 42.5 Å². The molecule has 0 saturated heterocycles. The molecule has 0 heterocycles. The molecular weight excluding hydrogens is 296 g/mol. The molecule has 0 aliphatic heterocycles. The van der Waals surface area contributed by atoms with Crippen molar-refractivity contribution in [3.63, 3.8) is 0 Å². The molecule has 5 heteroatoms. The molecule has 23 heavy (non-hydrogen) atoms. The van der Waals surface area contributed by atoms with Crippen molar-refractivity contribution < 1.29 is 24.5 Å². The van der Waals surface area contributed by atoms with Crippen LogP contribution in [0.2, 0.25) is 0 Å². The molecule has 0 atom stereocenters. The van der Waals surface area contributed by atoms with Gasteiger partial charge in [-0.05, 0) is 30.5 Å². The van der Waals surface area contributed by atoms with Gasteiger partial charge in [-0.2, -0.15) is 0 Å². The van der Waals surface area contributed by atoms with Gasteiger partial charge >= 0.3 is 11.9 Å². The zero-order chi connectivity index (χ0) is 16.8. The van der Waals surface area contributed by atoms with Crippen LogP contribution in [0.25, 0.3) is 0 Å². The molecule has 0 aliphatic rings. The third kappa shape index (κ3) is 3.96. The van der Waals surface area contributed by atoms with Gasteiger partial charge in [0.2, 0.25) is 0 Å². The molecule has 0 aliphatic carbocycles. The van der Waals surface area contributed by atoms with Crippen molar-refractivity contribution in [3.8, 4) is 0 Å². The van der Waals surface area contributed by atoms with E-state index in [2.05, 4.69) is 0 Å². The molecule has 2 aromatic carbocycles. The zero-order valence-electron chi connectivity index (χ0n) is 12.8. The fraction of sp³-hybridized carbons (Fsp3) is 0.222. The lowest BCUT2D eigenvalue weighted by Gasteiger charge is -2.14. The standard InChI is InChI=1S/C18H18O5/c1-2-23-11-15-14(17(19)20)9-8-13(16(15)18(21)22)10-12-6-4-3-5-7-12/h3-9H,2,10-11H2,1H3,(H,19,20)(H,21,22). The normalized spacial score (nSPS) is 10.5. The summed E-state index contributed by atoms with van der Waals surface area (Å²) in [6.07, 6.45) is 0.418. The summed E-state index contributed by atoms with van der Waals surface area (Å²) in [4.78, 5) is 23.1. The van der Waals surface area contributed by atoms with Crippen LogP contribution in [-0.4, -0.2) is 28.8 Å². The van der Waals surface area contributed by atoms with Gasteiger partial charge in [-0.1, -0.05) is 36.4 Å². The minimum atomic E-state index is -1.16. The lowest BCUT2D eigenvalue weighted by atomic mass is 9.92. The molecule has 2 aromatic rings. The van der Waals surface area contributed by atoms with Gasteiger partial charge in [0.15, 0.2) is 0 Å². The second kappa shape index (κ2) is 7.56.